The summed E-state index contributed by atoms with van der Waals surface area (Å²) in [5.74, 6) is 0.757. The molecule has 0 aromatic heterocycles. The van der Waals surface area contributed by atoms with Gasteiger partial charge in [-0.05, 0) is 31.5 Å². The Morgan fingerprint density at radius 2 is 1.71 bits per heavy atom. The summed E-state index contributed by atoms with van der Waals surface area (Å²) in [6, 6.07) is 7.40. The number of carbonyl (C=O) groups excluding carboxylic acids is 1. The zero-order valence-corrected chi connectivity index (χ0v) is 16.4. The molecule has 0 saturated carbocycles. The zero-order valence-electron chi connectivity index (χ0n) is 13.4. The van der Waals surface area contributed by atoms with E-state index in [0.717, 1.165) is 11.3 Å². The molecule has 0 unspecified atom stereocenters. The van der Waals surface area contributed by atoms with Gasteiger partial charge in [0.25, 0.3) is 4.52 Å². The van der Waals surface area contributed by atoms with E-state index in [0.29, 0.717) is 6.61 Å². The highest BCUT2D eigenvalue weighted by molar-refractivity contribution is 6.59. The Morgan fingerprint density at radius 3 is 2.21 bits per heavy atom. The van der Waals surface area contributed by atoms with Crippen LogP contribution in [0.25, 0.3) is 0 Å². The van der Waals surface area contributed by atoms with Crippen LogP contribution < -0.4 is 4.74 Å². The van der Waals surface area contributed by atoms with Gasteiger partial charge < -0.3 is 18.9 Å². The summed E-state index contributed by atoms with van der Waals surface area (Å²) in [5, 5.41) is 0. The first-order valence-electron chi connectivity index (χ1n) is 6.84. The lowest BCUT2D eigenvalue weighted by molar-refractivity contribution is -0.0702. The van der Waals surface area contributed by atoms with Crippen molar-refractivity contribution < 1.29 is 23.7 Å². The van der Waals surface area contributed by atoms with Crippen LogP contribution >= 0.6 is 46.4 Å². The van der Waals surface area contributed by atoms with Crippen LogP contribution in [0.4, 0.5) is 4.79 Å². The third kappa shape index (κ3) is 7.53. The van der Waals surface area contributed by atoms with Gasteiger partial charge in [-0.25, -0.2) is 4.79 Å². The lowest BCUT2D eigenvalue weighted by atomic mass is 10.1. The molecule has 0 amide bonds. The number of benzene rings is 1. The van der Waals surface area contributed by atoms with Crippen LogP contribution in [0.2, 0.25) is 0 Å². The third-order valence-corrected chi connectivity index (χ3v) is 4.36. The van der Waals surface area contributed by atoms with Gasteiger partial charge in [0.2, 0.25) is 0 Å². The van der Waals surface area contributed by atoms with E-state index in [2.05, 4.69) is 4.74 Å². The molecule has 0 heterocycles. The lowest BCUT2D eigenvalue weighted by Gasteiger charge is -2.27. The van der Waals surface area contributed by atoms with Crippen molar-refractivity contribution in [1.29, 1.82) is 0 Å². The second kappa shape index (κ2) is 9.20. The molecule has 5 nitrogen and oxygen atoms in total. The molecule has 1 aromatic carbocycles. The molecule has 1 rings (SSSR count). The Kier molecular flexibility index (Phi) is 8.23. The molecule has 1 aromatic rings. The largest absolute Gasteiger partial charge is 0.511 e. The average Bonchev–Trinajstić information content (AvgIpc) is 2.46. The van der Waals surface area contributed by atoms with E-state index >= 15 is 0 Å². The van der Waals surface area contributed by atoms with E-state index in [1.54, 1.807) is 21.0 Å². The number of alkyl halides is 4. The zero-order chi connectivity index (χ0) is 18.4. The van der Waals surface area contributed by atoms with Gasteiger partial charge in [-0.1, -0.05) is 58.5 Å². The van der Waals surface area contributed by atoms with Crippen molar-refractivity contribution >= 4 is 52.6 Å². The van der Waals surface area contributed by atoms with Crippen LogP contribution in [0.15, 0.2) is 24.3 Å². The highest BCUT2D eigenvalue weighted by atomic mass is 35.5. The summed E-state index contributed by atoms with van der Waals surface area (Å²) in [7, 11) is 1.59. The van der Waals surface area contributed by atoms with E-state index in [9.17, 15) is 4.79 Å². The Bertz CT molecular complexity index is 531. The third-order valence-electron chi connectivity index (χ3n) is 2.71. The number of halogens is 4. The predicted molar refractivity (Wildman–Crippen MR) is 94.2 cm³/mol. The van der Waals surface area contributed by atoms with Crippen molar-refractivity contribution in [3.8, 4) is 5.75 Å². The molecule has 0 bridgehead atoms. The molecule has 0 N–H and O–H groups in total. The first-order valence-corrected chi connectivity index (χ1v) is 8.47. The molecule has 24 heavy (non-hydrogen) atoms. The van der Waals surface area contributed by atoms with Crippen LogP contribution in [0.5, 0.6) is 5.75 Å². The van der Waals surface area contributed by atoms with Gasteiger partial charge in [-0.15, -0.1) is 0 Å². The Labute approximate surface area is 161 Å². The lowest BCUT2D eigenvalue weighted by Crippen LogP contribution is -2.37. The molecule has 0 saturated heterocycles. The highest BCUT2D eigenvalue weighted by Gasteiger charge is 2.39. The summed E-state index contributed by atoms with van der Waals surface area (Å²) in [4.78, 5) is 10.4. The van der Waals surface area contributed by atoms with Crippen molar-refractivity contribution in [2.24, 2.45) is 0 Å². The number of hydrogen-bond acceptors (Lipinski definition) is 5. The van der Waals surface area contributed by atoms with E-state index in [-0.39, 0.29) is 6.61 Å². The summed E-state index contributed by atoms with van der Waals surface area (Å²) in [6.07, 6.45) is -1.11. The standard InChI is InChI=1S/C15H18Cl4O5/c1-14(2,23-13(20)24-15(18,19)12(16)17)9-22-8-10-4-6-11(21-3)7-5-10/h4-7,12H,8-9H2,1-3H3. The van der Waals surface area contributed by atoms with Crippen LogP contribution in [0.1, 0.15) is 19.4 Å². The maximum atomic E-state index is 11.7. The normalized spacial score (nSPS) is 12.2. The maximum absolute atomic E-state index is 11.7. The Balaban J connectivity index is 2.43. The minimum atomic E-state index is -2.10. The number of rotatable bonds is 8. The van der Waals surface area contributed by atoms with Gasteiger partial charge in [0.05, 0.1) is 20.3 Å². The molecule has 0 atom stereocenters. The Morgan fingerprint density at radius 1 is 1.12 bits per heavy atom. The minimum Gasteiger partial charge on any atom is -0.497 e. The van der Waals surface area contributed by atoms with Crippen molar-refractivity contribution in [1.82, 2.24) is 0 Å². The van der Waals surface area contributed by atoms with Crippen molar-refractivity contribution in [2.75, 3.05) is 13.7 Å². The quantitative estimate of drug-likeness (QED) is 0.434. The molecule has 0 aliphatic heterocycles. The monoisotopic (exact) mass is 418 g/mol. The van der Waals surface area contributed by atoms with Crippen LogP contribution in [-0.4, -0.2) is 34.8 Å². The van der Waals surface area contributed by atoms with Gasteiger partial charge in [-0.2, -0.15) is 0 Å². The van der Waals surface area contributed by atoms with Crippen LogP contribution in [0, 0.1) is 0 Å². The van der Waals surface area contributed by atoms with Crippen molar-refractivity contribution in [3.05, 3.63) is 29.8 Å². The van der Waals surface area contributed by atoms with Gasteiger partial charge >= 0.3 is 6.16 Å². The van der Waals surface area contributed by atoms with Crippen LogP contribution in [0.3, 0.4) is 0 Å². The van der Waals surface area contributed by atoms with E-state index < -0.39 is 21.1 Å². The molecule has 0 aliphatic rings. The maximum Gasteiger partial charge on any atom is 0.511 e. The highest BCUT2D eigenvalue weighted by Crippen LogP contribution is 2.34. The van der Waals surface area contributed by atoms with E-state index in [4.69, 9.17) is 60.6 Å². The SMILES string of the molecule is COc1ccc(COCC(C)(C)OC(=O)OC(Cl)(Cl)C(Cl)Cl)cc1. The van der Waals surface area contributed by atoms with Crippen molar-refractivity contribution in [2.45, 2.75) is 35.4 Å². The smallest absolute Gasteiger partial charge is 0.497 e. The molecular formula is C15H18Cl4O5. The van der Waals surface area contributed by atoms with Gasteiger partial charge in [0, 0.05) is 0 Å². The molecule has 9 heteroatoms. The second-order valence-corrected chi connectivity index (χ2v) is 7.83. The van der Waals surface area contributed by atoms with Gasteiger partial charge in [-0.3, -0.25) is 0 Å². The summed E-state index contributed by atoms with van der Waals surface area (Å²) >= 11 is 22.3. The number of methoxy groups -OCH3 is 1. The molecule has 0 aliphatic carbocycles. The second-order valence-electron chi connectivity index (χ2n) is 5.42. The summed E-state index contributed by atoms with van der Waals surface area (Å²) < 4.78 is 18.3. The molecule has 0 fully saturated rings. The number of ether oxygens (including phenoxy) is 4. The summed E-state index contributed by atoms with van der Waals surface area (Å²) in [6.45, 7) is 3.75. The molecule has 136 valence electrons. The van der Waals surface area contributed by atoms with E-state index in [1.807, 2.05) is 24.3 Å². The molecule has 0 radical (unpaired) electrons. The average molecular weight is 420 g/mol. The first kappa shape index (κ1) is 21.5. The van der Waals surface area contributed by atoms with Crippen LogP contribution in [-0.2, 0) is 20.8 Å². The fourth-order valence-electron chi connectivity index (χ4n) is 1.57. The fourth-order valence-corrected chi connectivity index (χ4v) is 1.78. The molecule has 0 spiro atoms. The number of carbonyl (C=O) groups is 1. The first-order chi connectivity index (χ1) is 11.1. The van der Waals surface area contributed by atoms with Crippen molar-refractivity contribution in [3.63, 3.8) is 0 Å². The predicted octanol–water partition coefficient (Wildman–Crippen LogP) is 5.08. The van der Waals surface area contributed by atoms with E-state index in [1.165, 1.54) is 0 Å². The molecular weight excluding hydrogens is 402 g/mol. The fraction of sp³-hybridized carbons (Fsp3) is 0.533. The Hall–Kier alpha value is -0.590. The van der Waals surface area contributed by atoms with Gasteiger partial charge in [0.1, 0.15) is 11.4 Å². The topological polar surface area (TPSA) is 54.0 Å². The summed E-state index contributed by atoms with van der Waals surface area (Å²) in [5.41, 5.74) is -0.0246. The minimum absolute atomic E-state index is 0.122. The number of hydrogen-bond donors (Lipinski definition) is 0. The van der Waals surface area contributed by atoms with Gasteiger partial charge in [0.15, 0.2) is 4.84 Å².